The molecule has 10 nitrogen and oxygen atoms in total. The molecule has 0 saturated heterocycles. The van der Waals surface area contributed by atoms with Gasteiger partial charge in [-0.25, -0.2) is 0 Å². The first-order valence-corrected chi connectivity index (χ1v) is 11.2. The Kier molecular flexibility index (Phi) is 8.71. The van der Waals surface area contributed by atoms with Crippen molar-refractivity contribution in [3.63, 3.8) is 0 Å². The van der Waals surface area contributed by atoms with Crippen LogP contribution in [-0.4, -0.2) is 57.5 Å². The quantitative estimate of drug-likeness (QED) is 0.238. The van der Waals surface area contributed by atoms with Gasteiger partial charge in [-0.15, -0.1) is 0 Å². The van der Waals surface area contributed by atoms with Crippen LogP contribution in [0.5, 0.6) is 23.0 Å². The topological polar surface area (TPSA) is 169 Å². The van der Waals surface area contributed by atoms with Gasteiger partial charge >= 0.3 is 0 Å². The molecule has 0 aliphatic rings. The number of hydrogen-bond acceptors (Lipinski definition) is 8. The van der Waals surface area contributed by atoms with Gasteiger partial charge in [0.25, 0.3) is 11.8 Å². The van der Waals surface area contributed by atoms with Crippen molar-refractivity contribution in [1.29, 1.82) is 0 Å². The fraction of sp³-hybridized carbons (Fsp3) is 0.231. The van der Waals surface area contributed by atoms with Crippen molar-refractivity contribution in [3.05, 3.63) is 83.4 Å². The van der Waals surface area contributed by atoms with E-state index < -0.39 is 24.1 Å². The normalized spacial score (nSPS) is 12.6. The van der Waals surface area contributed by atoms with Crippen LogP contribution in [0.1, 0.15) is 33.2 Å². The zero-order valence-corrected chi connectivity index (χ0v) is 19.7. The van der Waals surface area contributed by atoms with E-state index in [1.165, 1.54) is 36.4 Å². The predicted octanol–water partition coefficient (Wildman–Crippen LogP) is 1.96. The van der Waals surface area contributed by atoms with E-state index in [9.17, 15) is 24.9 Å². The Morgan fingerprint density at radius 1 is 0.889 bits per heavy atom. The van der Waals surface area contributed by atoms with Gasteiger partial charge in [-0.3, -0.25) is 14.5 Å². The van der Waals surface area contributed by atoms with E-state index in [-0.39, 0.29) is 41.5 Å². The first-order valence-electron chi connectivity index (χ1n) is 11.2. The molecular formula is C26H29N3O7. The van der Waals surface area contributed by atoms with Gasteiger partial charge in [-0.2, -0.15) is 0 Å². The van der Waals surface area contributed by atoms with E-state index >= 15 is 0 Å². The zero-order chi connectivity index (χ0) is 26.2. The molecule has 0 heterocycles. The van der Waals surface area contributed by atoms with Crippen LogP contribution in [0.3, 0.4) is 0 Å². The molecule has 0 radical (unpaired) electrons. The molecule has 3 aromatic carbocycles. The number of hydrogen-bond donors (Lipinski definition) is 5. The van der Waals surface area contributed by atoms with Crippen molar-refractivity contribution in [3.8, 4) is 23.0 Å². The number of rotatable bonds is 12. The molecule has 0 aromatic heterocycles. The highest BCUT2D eigenvalue weighted by Crippen LogP contribution is 2.26. The largest absolute Gasteiger partial charge is 0.507 e. The molecule has 0 saturated carbocycles. The molecule has 2 unspecified atom stereocenters. The molecule has 36 heavy (non-hydrogen) atoms. The minimum Gasteiger partial charge on any atom is -0.507 e. The zero-order valence-electron chi connectivity index (χ0n) is 19.7. The number of primary amides is 2. The Morgan fingerprint density at radius 2 is 1.44 bits per heavy atom. The molecule has 190 valence electrons. The van der Waals surface area contributed by atoms with Crippen LogP contribution < -0.4 is 20.9 Å². The Hall–Kier alpha value is -4.28. The number of phenols is 2. The number of nitrogens with two attached hydrogens (primary N) is 2. The number of aliphatic hydroxyl groups excluding tert-OH is 1. The summed E-state index contributed by atoms with van der Waals surface area (Å²) in [4.78, 5) is 25.0. The Balaban J connectivity index is 1.81. The monoisotopic (exact) mass is 495 g/mol. The highest BCUT2D eigenvalue weighted by Gasteiger charge is 2.26. The third kappa shape index (κ3) is 6.87. The molecule has 0 aliphatic carbocycles. The lowest BCUT2D eigenvalue weighted by Gasteiger charge is -2.34. The molecule has 10 heteroatoms. The third-order valence-corrected chi connectivity index (χ3v) is 5.37. The molecule has 3 rings (SSSR count). The van der Waals surface area contributed by atoms with E-state index in [1.54, 1.807) is 6.92 Å². The summed E-state index contributed by atoms with van der Waals surface area (Å²) < 4.78 is 11.8. The SMILES string of the molecule is CC(O)C(Oc1ccc(O)c(C(N)=O)c1)N(CCOc1ccc(O)c(C(N)=O)c1)Cc1ccccc1. The summed E-state index contributed by atoms with van der Waals surface area (Å²) in [7, 11) is 0. The summed E-state index contributed by atoms with van der Waals surface area (Å²) in [6, 6.07) is 17.8. The molecular weight excluding hydrogens is 466 g/mol. The maximum absolute atomic E-state index is 11.6. The number of aliphatic hydroxyl groups is 1. The molecule has 7 N–H and O–H groups in total. The number of ether oxygens (including phenoxy) is 2. The van der Waals surface area contributed by atoms with Gasteiger partial charge in [0.05, 0.1) is 11.1 Å². The van der Waals surface area contributed by atoms with Gasteiger partial charge in [0.2, 0.25) is 0 Å². The van der Waals surface area contributed by atoms with Crippen molar-refractivity contribution in [2.45, 2.75) is 25.8 Å². The third-order valence-electron chi connectivity index (χ3n) is 5.37. The summed E-state index contributed by atoms with van der Waals surface area (Å²) in [6.07, 6.45) is -1.82. The lowest BCUT2D eigenvalue weighted by Crippen LogP contribution is -2.47. The van der Waals surface area contributed by atoms with Gasteiger partial charge in [-0.05, 0) is 48.9 Å². The summed E-state index contributed by atoms with van der Waals surface area (Å²) in [6.45, 7) is 2.39. The average molecular weight is 496 g/mol. The van der Waals surface area contributed by atoms with Crippen LogP contribution in [0.15, 0.2) is 66.7 Å². The molecule has 3 aromatic rings. The lowest BCUT2D eigenvalue weighted by atomic mass is 10.1. The molecule has 0 bridgehead atoms. The fourth-order valence-electron chi connectivity index (χ4n) is 3.60. The fourth-order valence-corrected chi connectivity index (χ4v) is 3.60. The number of nitrogens with zero attached hydrogens (tertiary/aromatic N) is 1. The average Bonchev–Trinajstić information content (AvgIpc) is 2.84. The summed E-state index contributed by atoms with van der Waals surface area (Å²) in [5.41, 5.74) is 11.4. The van der Waals surface area contributed by atoms with Crippen molar-refractivity contribution in [2.24, 2.45) is 11.5 Å². The Morgan fingerprint density at radius 3 is 2.00 bits per heavy atom. The van der Waals surface area contributed by atoms with Crippen molar-refractivity contribution >= 4 is 11.8 Å². The number of amides is 2. The second-order valence-electron chi connectivity index (χ2n) is 8.14. The van der Waals surface area contributed by atoms with Gasteiger partial charge in [0.1, 0.15) is 35.7 Å². The van der Waals surface area contributed by atoms with Crippen molar-refractivity contribution < 1.29 is 34.4 Å². The highest BCUT2D eigenvalue weighted by molar-refractivity contribution is 5.96. The molecule has 0 aliphatic heterocycles. The number of aromatic hydroxyl groups is 2. The standard InChI is InChI=1S/C26H29N3O7/c1-16(30)26(36-19-8-10-23(32)21(14-19)25(28)34)29(15-17-5-3-2-4-6-17)11-12-35-18-7-9-22(31)20(13-18)24(27)33/h2-10,13-14,16,26,30-32H,11-12,15H2,1H3,(H2,27,33)(H2,28,34). The number of carbonyl (C=O) groups is 2. The summed E-state index contributed by atoms with van der Waals surface area (Å²) in [5.74, 6) is -1.55. The highest BCUT2D eigenvalue weighted by atomic mass is 16.5. The van der Waals surface area contributed by atoms with Gasteiger partial charge in [-0.1, -0.05) is 30.3 Å². The molecule has 0 fully saturated rings. The Labute approximate surface area is 208 Å². The van der Waals surface area contributed by atoms with Gasteiger partial charge < -0.3 is 36.3 Å². The number of carbonyl (C=O) groups excluding carboxylic acids is 2. The van der Waals surface area contributed by atoms with Crippen LogP contribution in [0.25, 0.3) is 0 Å². The van der Waals surface area contributed by atoms with Crippen molar-refractivity contribution in [1.82, 2.24) is 4.90 Å². The van der Waals surface area contributed by atoms with E-state index in [0.29, 0.717) is 12.3 Å². The van der Waals surface area contributed by atoms with E-state index in [1.807, 2.05) is 35.2 Å². The van der Waals surface area contributed by atoms with Crippen LogP contribution in [0.4, 0.5) is 0 Å². The maximum atomic E-state index is 11.6. The second kappa shape index (κ2) is 11.9. The first kappa shape index (κ1) is 26.3. The van der Waals surface area contributed by atoms with E-state index in [4.69, 9.17) is 20.9 Å². The minimum atomic E-state index is -0.963. The van der Waals surface area contributed by atoms with Gasteiger partial charge in [0, 0.05) is 13.1 Å². The van der Waals surface area contributed by atoms with Crippen LogP contribution in [0, 0.1) is 0 Å². The van der Waals surface area contributed by atoms with Crippen LogP contribution in [0.2, 0.25) is 0 Å². The predicted molar refractivity (Wildman–Crippen MR) is 132 cm³/mol. The van der Waals surface area contributed by atoms with E-state index in [0.717, 1.165) is 5.56 Å². The maximum Gasteiger partial charge on any atom is 0.252 e. The van der Waals surface area contributed by atoms with E-state index in [2.05, 4.69) is 0 Å². The second-order valence-corrected chi connectivity index (χ2v) is 8.14. The molecule has 2 atom stereocenters. The summed E-state index contributed by atoms with van der Waals surface area (Å²) in [5, 5.41) is 30.2. The molecule has 2 amide bonds. The first-order chi connectivity index (χ1) is 17.2. The number of benzene rings is 3. The summed E-state index contributed by atoms with van der Waals surface area (Å²) >= 11 is 0. The smallest absolute Gasteiger partial charge is 0.252 e. The van der Waals surface area contributed by atoms with Crippen LogP contribution >= 0.6 is 0 Å². The van der Waals surface area contributed by atoms with Gasteiger partial charge in [0.15, 0.2) is 6.23 Å². The molecule has 0 spiro atoms. The van der Waals surface area contributed by atoms with Crippen molar-refractivity contribution in [2.75, 3.05) is 13.2 Å². The lowest BCUT2D eigenvalue weighted by molar-refractivity contribution is -0.0662. The van der Waals surface area contributed by atoms with Crippen LogP contribution in [-0.2, 0) is 6.54 Å². The Bertz CT molecular complexity index is 1200. The minimum absolute atomic E-state index is 0.0589.